The topological polar surface area (TPSA) is 73.1 Å². The molecule has 6 heteroatoms. The van der Waals surface area contributed by atoms with Gasteiger partial charge in [-0.1, -0.05) is 20.8 Å². The maximum Gasteiger partial charge on any atom is 0.160 e. The Morgan fingerprint density at radius 3 is 2.61 bits per heavy atom. The van der Waals surface area contributed by atoms with E-state index < -0.39 is 0 Å². The Bertz CT molecular complexity index is 444. The first-order valence-corrected chi connectivity index (χ1v) is 7.09. The highest BCUT2D eigenvalue weighted by Crippen LogP contribution is 2.38. The number of thioether (sulfide) groups is 1. The monoisotopic (exact) mass is 268 g/mol. The first-order valence-electron chi connectivity index (χ1n) is 5.94. The molecule has 0 aromatic carbocycles. The molecule has 18 heavy (non-hydrogen) atoms. The summed E-state index contributed by atoms with van der Waals surface area (Å²) in [6.45, 7) is 6.34. The minimum absolute atomic E-state index is 0.0550. The van der Waals surface area contributed by atoms with Crippen LogP contribution in [0, 0.1) is 5.41 Å². The van der Waals surface area contributed by atoms with Gasteiger partial charge >= 0.3 is 0 Å². The van der Waals surface area contributed by atoms with Gasteiger partial charge in [0, 0.05) is 24.2 Å². The lowest BCUT2D eigenvalue weighted by atomic mass is 9.88. The number of hydrazine groups is 1. The van der Waals surface area contributed by atoms with Crippen LogP contribution >= 0.6 is 11.8 Å². The molecule has 2 heterocycles. The van der Waals surface area contributed by atoms with Gasteiger partial charge in [0.1, 0.15) is 11.9 Å². The molecule has 0 bridgehead atoms. The van der Waals surface area contributed by atoms with Crippen molar-refractivity contribution in [2.75, 3.05) is 12.5 Å². The van der Waals surface area contributed by atoms with E-state index in [0.717, 1.165) is 28.6 Å². The Labute approximate surface area is 112 Å². The van der Waals surface area contributed by atoms with Crippen molar-refractivity contribution in [3.63, 3.8) is 0 Å². The van der Waals surface area contributed by atoms with Crippen LogP contribution in [0.1, 0.15) is 44.0 Å². The molecule has 1 atom stereocenters. The zero-order valence-electron chi connectivity index (χ0n) is 11.3. The predicted molar refractivity (Wildman–Crippen MR) is 74.0 cm³/mol. The fourth-order valence-corrected chi connectivity index (χ4v) is 3.19. The van der Waals surface area contributed by atoms with E-state index in [4.69, 9.17) is 10.6 Å². The van der Waals surface area contributed by atoms with Crippen molar-refractivity contribution < 1.29 is 4.74 Å². The molecule has 0 aliphatic carbocycles. The van der Waals surface area contributed by atoms with E-state index in [9.17, 15) is 0 Å². The number of aromatic nitrogens is 2. The summed E-state index contributed by atoms with van der Waals surface area (Å²) in [6, 6.07) is 0. The Morgan fingerprint density at radius 1 is 1.33 bits per heavy atom. The molecule has 2 rings (SSSR count). The van der Waals surface area contributed by atoms with Crippen LogP contribution in [0.25, 0.3) is 0 Å². The number of nitrogens with one attached hydrogen (secondary N) is 1. The molecular weight excluding hydrogens is 248 g/mol. The zero-order valence-corrected chi connectivity index (χ0v) is 12.1. The molecule has 100 valence electrons. The van der Waals surface area contributed by atoms with E-state index in [1.54, 1.807) is 7.11 Å². The second-order valence-corrected chi connectivity index (χ2v) is 6.46. The third kappa shape index (κ3) is 2.46. The van der Waals surface area contributed by atoms with Crippen molar-refractivity contribution in [1.82, 2.24) is 9.97 Å². The van der Waals surface area contributed by atoms with Gasteiger partial charge in [-0.15, -0.1) is 0 Å². The van der Waals surface area contributed by atoms with E-state index in [0.29, 0.717) is 5.82 Å². The van der Waals surface area contributed by atoms with E-state index in [2.05, 4.69) is 36.2 Å². The Hall–Kier alpha value is -0.850. The highest BCUT2D eigenvalue weighted by atomic mass is 32.2. The number of rotatable bonds is 3. The second-order valence-electron chi connectivity index (χ2n) is 5.47. The minimum atomic E-state index is -0.138. The van der Waals surface area contributed by atoms with Gasteiger partial charge in [-0.2, -0.15) is 11.8 Å². The summed E-state index contributed by atoms with van der Waals surface area (Å²) in [5.41, 5.74) is 4.82. The quantitative estimate of drug-likeness (QED) is 0.647. The molecule has 1 aromatic rings. The molecule has 5 nitrogen and oxygen atoms in total. The fourth-order valence-electron chi connectivity index (χ4n) is 2.15. The number of fused-ring (bicyclic) bond motifs is 1. The van der Waals surface area contributed by atoms with Crippen molar-refractivity contribution in [2.45, 2.75) is 38.4 Å². The highest BCUT2D eigenvalue weighted by molar-refractivity contribution is 7.98. The zero-order chi connectivity index (χ0) is 13.3. The molecule has 1 aliphatic rings. The van der Waals surface area contributed by atoms with Gasteiger partial charge in [-0.25, -0.2) is 15.8 Å². The van der Waals surface area contributed by atoms with Gasteiger partial charge in [0.25, 0.3) is 0 Å². The van der Waals surface area contributed by atoms with Crippen LogP contribution in [-0.4, -0.2) is 17.1 Å². The van der Waals surface area contributed by atoms with Crippen LogP contribution in [0.4, 0.5) is 5.82 Å². The summed E-state index contributed by atoms with van der Waals surface area (Å²) in [5.74, 6) is 8.82. The summed E-state index contributed by atoms with van der Waals surface area (Å²) < 4.78 is 5.56. The fraction of sp³-hybridized carbons (Fsp3) is 0.667. The van der Waals surface area contributed by atoms with Crippen LogP contribution in [-0.2, 0) is 16.2 Å². The van der Waals surface area contributed by atoms with Crippen molar-refractivity contribution in [3.8, 4) is 0 Å². The van der Waals surface area contributed by atoms with Crippen LogP contribution in [0.2, 0.25) is 0 Å². The standard InChI is InChI=1S/C12H20N4OS/c1-12(2,3)9(17-4)11-14-8-6-18-5-7(8)10(15-11)16-13/h9H,5-6,13H2,1-4H3,(H,14,15,16). The third-order valence-electron chi connectivity index (χ3n) is 2.99. The van der Waals surface area contributed by atoms with Crippen LogP contribution < -0.4 is 11.3 Å². The number of hydrogen-bond donors (Lipinski definition) is 2. The number of ether oxygens (including phenoxy) is 1. The van der Waals surface area contributed by atoms with E-state index in [1.807, 2.05) is 11.8 Å². The SMILES string of the molecule is COC(c1nc2c(c(NN)n1)CSC2)C(C)(C)C. The maximum atomic E-state index is 5.56. The van der Waals surface area contributed by atoms with Crippen LogP contribution in [0.5, 0.6) is 0 Å². The lowest BCUT2D eigenvalue weighted by Gasteiger charge is -2.28. The summed E-state index contributed by atoms with van der Waals surface area (Å²) in [5, 5.41) is 0. The first kappa shape index (κ1) is 13.6. The molecule has 1 aliphatic heterocycles. The molecule has 0 fully saturated rings. The van der Waals surface area contributed by atoms with Crippen molar-refractivity contribution in [2.24, 2.45) is 11.3 Å². The molecule has 1 unspecified atom stereocenters. The smallest absolute Gasteiger partial charge is 0.160 e. The Morgan fingerprint density at radius 2 is 2.06 bits per heavy atom. The molecule has 0 spiro atoms. The molecular formula is C12H20N4OS. The largest absolute Gasteiger partial charge is 0.373 e. The number of nitrogens with zero attached hydrogens (tertiary/aromatic N) is 2. The van der Waals surface area contributed by atoms with Gasteiger partial charge in [-0.05, 0) is 5.41 Å². The summed E-state index contributed by atoms with van der Waals surface area (Å²) in [7, 11) is 1.69. The first-order chi connectivity index (χ1) is 8.47. The lowest BCUT2D eigenvalue weighted by molar-refractivity contribution is 0.00863. The summed E-state index contributed by atoms with van der Waals surface area (Å²) in [6.07, 6.45) is -0.138. The third-order valence-corrected chi connectivity index (χ3v) is 3.96. The highest BCUT2D eigenvalue weighted by Gasteiger charge is 2.31. The number of methoxy groups -OCH3 is 1. The van der Waals surface area contributed by atoms with E-state index in [-0.39, 0.29) is 11.5 Å². The Balaban J connectivity index is 2.46. The van der Waals surface area contributed by atoms with Gasteiger partial charge in [0.2, 0.25) is 0 Å². The number of anilines is 1. The maximum absolute atomic E-state index is 5.56. The second kappa shape index (κ2) is 5.03. The molecule has 0 saturated carbocycles. The lowest BCUT2D eigenvalue weighted by Crippen LogP contribution is -2.24. The van der Waals surface area contributed by atoms with E-state index >= 15 is 0 Å². The number of nitrogens with two attached hydrogens (primary N) is 1. The average Bonchev–Trinajstić information content (AvgIpc) is 2.74. The Kier molecular flexibility index (Phi) is 3.79. The van der Waals surface area contributed by atoms with Crippen LogP contribution in [0.15, 0.2) is 0 Å². The van der Waals surface area contributed by atoms with Crippen molar-refractivity contribution in [3.05, 3.63) is 17.1 Å². The normalized spacial score (nSPS) is 16.5. The average molecular weight is 268 g/mol. The summed E-state index contributed by atoms with van der Waals surface area (Å²) >= 11 is 1.83. The van der Waals surface area contributed by atoms with Gasteiger partial charge in [0.05, 0.1) is 5.69 Å². The van der Waals surface area contributed by atoms with Crippen LogP contribution in [0.3, 0.4) is 0 Å². The number of hydrogen-bond acceptors (Lipinski definition) is 6. The molecule has 3 N–H and O–H groups in total. The van der Waals surface area contributed by atoms with Gasteiger partial charge < -0.3 is 10.2 Å². The van der Waals surface area contributed by atoms with Gasteiger partial charge in [0.15, 0.2) is 5.82 Å². The molecule has 1 aromatic heterocycles. The van der Waals surface area contributed by atoms with E-state index in [1.165, 1.54) is 0 Å². The predicted octanol–water partition coefficient (Wildman–Crippen LogP) is 2.24. The van der Waals surface area contributed by atoms with Crippen molar-refractivity contribution in [1.29, 1.82) is 0 Å². The van der Waals surface area contributed by atoms with Gasteiger partial charge in [-0.3, -0.25) is 0 Å². The number of nitrogen functional groups attached to an aromatic ring is 1. The molecule has 0 amide bonds. The minimum Gasteiger partial charge on any atom is -0.373 e. The van der Waals surface area contributed by atoms with Crippen molar-refractivity contribution >= 4 is 17.6 Å². The molecule has 0 saturated heterocycles. The summed E-state index contributed by atoms with van der Waals surface area (Å²) in [4.78, 5) is 9.16. The molecule has 0 radical (unpaired) electrons.